The minimum absolute atomic E-state index is 0.202. The smallest absolute Gasteiger partial charge is 0.481 e. The number of sulfonamides is 1. The zero-order valence-corrected chi connectivity index (χ0v) is 23.1. The summed E-state index contributed by atoms with van der Waals surface area (Å²) in [5.74, 6) is -2.18. The quantitative estimate of drug-likeness (QED) is 0.248. The molecule has 1 aromatic carbocycles. The second kappa shape index (κ2) is 13.9. The fraction of sp³-hybridized carbons (Fsp3) is 0.318. The molecule has 3 rings (SSSR count). The van der Waals surface area contributed by atoms with Crippen molar-refractivity contribution < 1.29 is 45.8 Å². The first-order chi connectivity index (χ1) is 18.7. The molecule has 0 aliphatic heterocycles. The van der Waals surface area contributed by atoms with Gasteiger partial charge in [0.25, 0.3) is 0 Å². The average Bonchev–Trinajstić information content (AvgIpc) is 3.26. The van der Waals surface area contributed by atoms with Crippen molar-refractivity contribution in [1.29, 1.82) is 0 Å². The first-order valence-corrected chi connectivity index (χ1v) is 13.4. The second-order valence-corrected chi connectivity index (χ2v) is 10.2. The Hall–Kier alpha value is -4.03. The number of aromatic nitrogens is 3. The van der Waals surface area contributed by atoms with E-state index in [9.17, 15) is 26.4 Å². The van der Waals surface area contributed by atoms with Gasteiger partial charge < -0.3 is 19.9 Å². The van der Waals surface area contributed by atoms with Gasteiger partial charge in [-0.25, -0.2) is 27.7 Å². The second-order valence-electron chi connectivity index (χ2n) is 7.47. The molecule has 0 spiro atoms. The van der Waals surface area contributed by atoms with Crippen molar-refractivity contribution in [3.8, 4) is 5.88 Å². The molecule has 13 nitrogen and oxygen atoms in total. The lowest BCUT2D eigenvalue weighted by molar-refractivity contribution is -0.192. The molecule has 4 N–H and O–H groups in total. The molecule has 0 aliphatic rings. The first kappa shape index (κ1) is 32.2. The number of anilines is 3. The van der Waals surface area contributed by atoms with Gasteiger partial charge in [-0.3, -0.25) is 5.32 Å². The van der Waals surface area contributed by atoms with Crippen LogP contribution in [0.2, 0.25) is 0 Å². The molecule has 40 heavy (non-hydrogen) atoms. The molecular weight excluding hydrogens is 581 g/mol. The Morgan fingerprint density at radius 2 is 1.73 bits per heavy atom. The van der Waals surface area contributed by atoms with Crippen molar-refractivity contribution in [2.75, 3.05) is 31.4 Å². The summed E-state index contributed by atoms with van der Waals surface area (Å²) in [6.45, 7) is 4.15. The van der Waals surface area contributed by atoms with E-state index in [1.165, 1.54) is 14.2 Å². The number of ether oxygens (including phenoxy) is 2. The van der Waals surface area contributed by atoms with Gasteiger partial charge in [0, 0.05) is 19.2 Å². The van der Waals surface area contributed by atoms with E-state index in [0.29, 0.717) is 40.5 Å². The van der Waals surface area contributed by atoms with Crippen molar-refractivity contribution in [3.05, 3.63) is 46.5 Å². The summed E-state index contributed by atoms with van der Waals surface area (Å²) >= 11 is 1.13. The van der Waals surface area contributed by atoms with Crippen LogP contribution in [0.5, 0.6) is 5.88 Å². The lowest BCUT2D eigenvalue weighted by Crippen LogP contribution is -2.23. The number of aliphatic carboxylic acids is 1. The van der Waals surface area contributed by atoms with Gasteiger partial charge in [-0.05, 0) is 24.6 Å². The summed E-state index contributed by atoms with van der Waals surface area (Å²) in [5.41, 5.74) is 1.39. The first-order valence-electron chi connectivity index (χ1n) is 11.1. The number of esters is 1. The van der Waals surface area contributed by atoms with Crippen LogP contribution in [-0.2, 0) is 26.1 Å². The van der Waals surface area contributed by atoms with Gasteiger partial charge in [0.15, 0.2) is 5.13 Å². The van der Waals surface area contributed by atoms with E-state index in [-0.39, 0.29) is 10.8 Å². The van der Waals surface area contributed by atoms with E-state index < -0.39 is 28.1 Å². The summed E-state index contributed by atoms with van der Waals surface area (Å²) in [5, 5.41) is 13.7. The Kier molecular flexibility index (Phi) is 11.1. The number of hydrogen-bond donors (Lipinski definition) is 4. The number of halogens is 3. The minimum atomic E-state index is -5.08. The van der Waals surface area contributed by atoms with E-state index in [1.54, 1.807) is 44.2 Å². The molecule has 0 radical (unpaired) electrons. The lowest BCUT2D eigenvalue weighted by atomic mass is 10.2. The van der Waals surface area contributed by atoms with Crippen molar-refractivity contribution in [2.45, 2.75) is 31.5 Å². The molecule has 0 saturated heterocycles. The Morgan fingerprint density at radius 1 is 1.10 bits per heavy atom. The molecule has 18 heteroatoms. The number of hydrogen-bond acceptors (Lipinski definition) is 12. The molecule has 0 amide bonds. The Labute approximate surface area is 230 Å². The Morgan fingerprint density at radius 3 is 2.25 bits per heavy atom. The summed E-state index contributed by atoms with van der Waals surface area (Å²) in [6.07, 6.45) is -5.08. The van der Waals surface area contributed by atoms with Crippen LogP contribution in [-0.4, -0.2) is 67.4 Å². The number of alkyl halides is 3. The predicted molar refractivity (Wildman–Crippen MR) is 138 cm³/mol. The normalized spacial score (nSPS) is 11.2. The molecule has 0 aliphatic carbocycles. The summed E-state index contributed by atoms with van der Waals surface area (Å²) in [7, 11) is -0.697. The molecule has 0 atom stereocenters. The number of aryl methyl sites for hydroxylation is 1. The summed E-state index contributed by atoms with van der Waals surface area (Å²) in [6, 6.07) is 8.17. The number of methoxy groups -OCH3 is 2. The Balaban J connectivity index is 0.000000708. The highest BCUT2D eigenvalue weighted by Gasteiger charge is 2.38. The van der Waals surface area contributed by atoms with Crippen molar-refractivity contribution in [3.63, 3.8) is 0 Å². The number of carboxylic acid groups (broad SMARTS) is 1. The molecule has 0 bridgehead atoms. The monoisotopic (exact) mass is 606 g/mol. The lowest BCUT2D eigenvalue weighted by Gasteiger charge is -2.10. The maximum absolute atomic E-state index is 12.1. The van der Waals surface area contributed by atoms with Gasteiger partial charge in [-0.1, -0.05) is 30.4 Å². The highest BCUT2D eigenvalue weighted by atomic mass is 32.2. The maximum atomic E-state index is 12.1. The average molecular weight is 607 g/mol. The van der Waals surface area contributed by atoms with Gasteiger partial charge in [-0.15, -0.1) is 0 Å². The van der Waals surface area contributed by atoms with Crippen molar-refractivity contribution in [2.24, 2.45) is 0 Å². The number of nitrogens with zero attached hydrogens (tertiary/aromatic N) is 3. The van der Waals surface area contributed by atoms with Crippen LogP contribution in [0.15, 0.2) is 35.2 Å². The predicted octanol–water partition coefficient (Wildman–Crippen LogP) is 3.32. The van der Waals surface area contributed by atoms with Crippen molar-refractivity contribution >= 4 is 50.2 Å². The van der Waals surface area contributed by atoms with Crippen LogP contribution in [0, 0.1) is 6.92 Å². The SMILES string of the molecule is CCNS(=O)(=O)c1ccc(CNc2cc(OC)nc(Nc3nc(C)c(C(=O)OC)s3)n2)cc1.O=C(O)C(F)(F)F. The number of thiazole rings is 1. The standard InChI is InChI=1S/C20H24N6O5S2.C2HF3O2/c1-5-22-33(28,29)14-8-6-13(7-9-14)11-21-15-10-16(30-3)25-19(24-15)26-20-23-12(2)17(32-20)18(27)31-4;3-2(4,5)1(6)7/h6-10,22H,5,11H2,1-4H3,(H2,21,23,24,25,26);(H,6,7). The number of carbonyl (C=O) groups excluding carboxylic acids is 1. The number of rotatable bonds is 10. The van der Waals surface area contributed by atoms with E-state index in [0.717, 1.165) is 16.9 Å². The third kappa shape index (κ3) is 9.31. The van der Waals surface area contributed by atoms with Crippen LogP contribution in [0.4, 0.5) is 30.1 Å². The zero-order chi connectivity index (χ0) is 30.1. The van der Waals surface area contributed by atoms with E-state index >= 15 is 0 Å². The van der Waals surface area contributed by atoms with Crippen LogP contribution in [0.3, 0.4) is 0 Å². The van der Waals surface area contributed by atoms with Crippen LogP contribution in [0.1, 0.15) is 27.9 Å². The largest absolute Gasteiger partial charge is 0.490 e. The third-order valence-corrected chi connectivity index (χ3v) is 7.20. The summed E-state index contributed by atoms with van der Waals surface area (Å²) in [4.78, 5) is 34.3. The molecule has 3 aromatic rings. The van der Waals surface area contributed by atoms with Gasteiger partial charge in [0.2, 0.25) is 21.9 Å². The fourth-order valence-electron chi connectivity index (χ4n) is 2.76. The van der Waals surface area contributed by atoms with E-state index in [1.807, 2.05) is 0 Å². The maximum Gasteiger partial charge on any atom is 0.490 e. The van der Waals surface area contributed by atoms with E-state index in [4.69, 9.17) is 19.4 Å². The molecule has 0 saturated carbocycles. The molecular formula is C22H25F3N6O7S2. The molecule has 2 aromatic heterocycles. The van der Waals surface area contributed by atoms with Crippen molar-refractivity contribution in [1.82, 2.24) is 19.7 Å². The number of benzene rings is 1. The fourth-order valence-corrected chi connectivity index (χ4v) is 4.68. The van der Waals surface area contributed by atoms with Gasteiger partial charge in [-0.2, -0.15) is 23.1 Å². The van der Waals surface area contributed by atoms with Gasteiger partial charge in [0.05, 0.1) is 24.8 Å². The van der Waals surface area contributed by atoms with Crippen LogP contribution >= 0.6 is 11.3 Å². The number of nitrogens with one attached hydrogen (secondary N) is 3. The molecule has 2 heterocycles. The third-order valence-electron chi connectivity index (χ3n) is 4.58. The highest BCUT2D eigenvalue weighted by molar-refractivity contribution is 7.89. The highest BCUT2D eigenvalue weighted by Crippen LogP contribution is 2.27. The van der Waals surface area contributed by atoms with Gasteiger partial charge in [0.1, 0.15) is 10.7 Å². The number of carbonyl (C=O) groups is 2. The zero-order valence-electron chi connectivity index (χ0n) is 21.5. The molecule has 0 unspecified atom stereocenters. The van der Waals surface area contributed by atoms with E-state index in [2.05, 4.69) is 30.3 Å². The molecule has 218 valence electrons. The summed E-state index contributed by atoms with van der Waals surface area (Å²) < 4.78 is 68.3. The molecule has 0 fully saturated rings. The Bertz CT molecular complexity index is 1430. The topological polar surface area (TPSA) is 182 Å². The van der Waals surface area contributed by atoms with Gasteiger partial charge >= 0.3 is 18.1 Å². The van der Waals surface area contributed by atoms with Crippen LogP contribution in [0.25, 0.3) is 0 Å². The minimum Gasteiger partial charge on any atom is -0.481 e. The number of carboxylic acids is 1. The van der Waals surface area contributed by atoms with Crippen LogP contribution < -0.4 is 20.1 Å².